The summed E-state index contributed by atoms with van der Waals surface area (Å²) in [5.41, 5.74) is 2.03. The Labute approximate surface area is 153 Å². The van der Waals surface area contributed by atoms with Gasteiger partial charge in [0.25, 0.3) is 0 Å². The van der Waals surface area contributed by atoms with Gasteiger partial charge in [-0.3, -0.25) is 0 Å². The Hall–Kier alpha value is -1.71. The Morgan fingerprint density at radius 2 is 1.54 bits per heavy atom. The fraction of sp³-hybridized carbons (Fsp3) is 0.316. The Kier molecular flexibility index (Phi) is 5.64. The number of benzene rings is 2. The molecule has 0 bridgehead atoms. The predicted molar refractivity (Wildman–Crippen MR) is 104 cm³/mol. The van der Waals surface area contributed by atoms with Gasteiger partial charge < -0.3 is 9.80 Å². The molecule has 0 unspecified atom stereocenters. The lowest BCUT2D eigenvalue weighted by Crippen LogP contribution is -2.34. The molecule has 5 heteroatoms. The van der Waals surface area contributed by atoms with Gasteiger partial charge >= 0.3 is 0 Å². The van der Waals surface area contributed by atoms with E-state index in [1.165, 1.54) is 6.42 Å². The Morgan fingerprint density at radius 1 is 0.917 bits per heavy atom. The van der Waals surface area contributed by atoms with Crippen LogP contribution in [-0.4, -0.2) is 30.5 Å². The van der Waals surface area contributed by atoms with Crippen molar-refractivity contribution in [2.75, 3.05) is 24.5 Å². The van der Waals surface area contributed by atoms with Crippen molar-refractivity contribution in [3.63, 3.8) is 0 Å². The standard InChI is InChI=1S/C19H21Cl2N3/c1-2-3-12-23-13-14-24(18-10-6-16(21)7-11-18)19(23)22-17-8-4-15(20)5-9-17/h4-11H,2-3,12-14H2,1H3. The molecular weight excluding hydrogens is 341 g/mol. The number of nitrogens with zero attached hydrogens (tertiary/aromatic N) is 3. The summed E-state index contributed by atoms with van der Waals surface area (Å²) in [6, 6.07) is 15.6. The lowest BCUT2D eigenvalue weighted by molar-refractivity contribution is 0.447. The second kappa shape index (κ2) is 7.91. The van der Waals surface area contributed by atoms with Crippen LogP contribution in [0.1, 0.15) is 19.8 Å². The van der Waals surface area contributed by atoms with E-state index in [1.54, 1.807) is 0 Å². The molecule has 0 N–H and O–H groups in total. The van der Waals surface area contributed by atoms with E-state index in [1.807, 2.05) is 48.5 Å². The number of guanidine groups is 1. The molecule has 3 nitrogen and oxygen atoms in total. The van der Waals surface area contributed by atoms with Gasteiger partial charge in [-0.25, -0.2) is 4.99 Å². The number of halogens is 2. The molecule has 0 saturated carbocycles. The molecule has 1 saturated heterocycles. The van der Waals surface area contributed by atoms with E-state index < -0.39 is 0 Å². The van der Waals surface area contributed by atoms with Crippen LogP contribution in [0, 0.1) is 0 Å². The number of anilines is 1. The normalized spacial score (nSPS) is 16.2. The first kappa shape index (κ1) is 17.1. The van der Waals surface area contributed by atoms with Crippen LogP contribution in [0.2, 0.25) is 10.0 Å². The summed E-state index contributed by atoms with van der Waals surface area (Å²) < 4.78 is 0. The van der Waals surface area contributed by atoms with Gasteiger partial charge in [0, 0.05) is 35.4 Å². The highest BCUT2D eigenvalue weighted by Gasteiger charge is 2.27. The number of rotatable bonds is 5. The molecule has 2 aromatic rings. The first-order valence-corrected chi connectivity index (χ1v) is 9.05. The minimum absolute atomic E-state index is 0.725. The van der Waals surface area contributed by atoms with Crippen LogP contribution < -0.4 is 4.90 Å². The number of aliphatic imine (C=N–C) groups is 1. The van der Waals surface area contributed by atoms with Crippen molar-refractivity contribution in [2.45, 2.75) is 19.8 Å². The van der Waals surface area contributed by atoms with Gasteiger partial charge in [0.05, 0.1) is 5.69 Å². The lowest BCUT2D eigenvalue weighted by atomic mass is 10.3. The van der Waals surface area contributed by atoms with Gasteiger partial charge in [0.15, 0.2) is 0 Å². The largest absolute Gasteiger partial charge is 0.340 e. The summed E-state index contributed by atoms with van der Waals surface area (Å²) in [7, 11) is 0. The van der Waals surface area contributed by atoms with Gasteiger partial charge in [-0.2, -0.15) is 0 Å². The second-order valence-corrected chi connectivity index (χ2v) is 6.73. The van der Waals surface area contributed by atoms with E-state index in [0.717, 1.165) is 53.4 Å². The first-order valence-electron chi connectivity index (χ1n) is 8.29. The Balaban J connectivity index is 1.92. The smallest absolute Gasteiger partial charge is 0.206 e. The average molecular weight is 362 g/mol. The summed E-state index contributed by atoms with van der Waals surface area (Å²) in [6.45, 7) is 5.14. The minimum Gasteiger partial charge on any atom is -0.340 e. The molecule has 0 aliphatic carbocycles. The molecular formula is C19H21Cl2N3. The molecule has 0 radical (unpaired) electrons. The molecule has 1 fully saturated rings. The fourth-order valence-corrected chi connectivity index (χ4v) is 3.03. The third kappa shape index (κ3) is 4.03. The zero-order valence-corrected chi connectivity index (χ0v) is 15.3. The van der Waals surface area contributed by atoms with Gasteiger partial charge in [-0.15, -0.1) is 0 Å². The van der Waals surface area contributed by atoms with Crippen LogP contribution in [0.15, 0.2) is 53.5 Å². The van der Waals surface area contributed by atoms with Crippen LogP contribution in [0.4, 0.5) is 11.4 Å². The van der Waals surface area contributed by atoms with Crippen molar-refractivity contribution in [1.82, 2.24) is 4.90 Å². The average Bonchev–Trinajstić information content (AvgIpc) is 2.98. The fourth-order valence-electron chi connectivity index (χ4n) is 2.78. The Bertz CT molecular complexity index is 696. The van der Waals surface area contributed by atoms with E-state index in [4.69, 9.17) is 28.2 Å². The molecule has 1 heterocycles. The first-order chi connectivity index (χ1) is 11.7. The van der Waals surface area contributed by atoms with Crippen molar-refractivity contribution in [3.05, 3.63) is 58.6 Å². The third-order valence-corrected chi connectivity index (χ3v) is 4.60. The van der Waals surface area contributed by atoms with Crippen molar-refractivity contribution in [2.24, 2.45) is 4.99 Å². The van der Waals surface area contributed by atoms with Gasteiger partial charge in [0.2, 0.25) is 5.96 Å². The molecule has 1 aliphatic rings. The van der Waals surface area contributed by atoms with E-state index >= 15 is 0 Å². The van der Waals surface area contributed by atoms with Gasteiger partial charge in [-0.1, -0.05) is 36.5 Å². The van der Waals surface area contributed by atoms with E-state index in [9.17, 15) is 0 Å². The van der Waals surface area contributed by atoms with Gasteiger partial charge in [0.1, 0.15) is 0 Å². The van der Waals surface area contributed by atoms with Crippen molar-refractivity contribution >= 4 is 40.5 Å². The van der Waals surface area contributed by atoms with Crippen molar-refractivity contribution < 1.29 is 0 Å². The highest BCUT2D eigenvalue weighted by molar-refractivity contribution is 6.31. The van der Waals surface area contributed by atoms with Crippen LogP contribution in [-0.2, 0) is 0 Å². The summed E-state index contributed by atoms with van der Waals surface area (Å²) in [5, 5.41) is 1.47. The summed E-state index contributed by atoms with van der Waals surface area (Å²) in [4.78, 5) is 9.50. The topological polar surface area (TPSA) is 18.8 Å². The maximum Gasteiger partial charge on any atom is 0.206 e. The maximum atomic E-state index is 6.02. The molecule has 0 spiro atoms. The maximum absolute atomic E-state index is 6.02. The Morgan fingerprint density at radius 3 is 2.17 bits per heavy atom. The zero-order chi connectivity index (χ0) is 16.9. The quantitative estimate of drug-likeness (QED) is 0.689. The molecule has 24 heavy (non-hydrogen) atoms. The van der Waals surface area contributed by atoms with Gasteiger partial charge in [-0.05, 0) is 55.0 Å². The van der Waals surface area contributed by atoms with Crippen LogP contribution >= 0.6 is 23.2 Å². The van der Waals surface area contributed by atoms with Crippen molar-refractivity contribution in [1.29, 1.82) is 0 Å². The molecule has 0 amide bonds. The molecule has 126 valence electrons. The highest BCUT2D eigenvalue weighted by Crippen LogP contribution is 2.25. The molecule has 1 aliphatic heterocycles. The van der Waals surface area contributed by atoms with E-state index in [2.05, 4.69) is 16.7 Å². The molecule has 0 aromatic heterocycles. The number of hydrogen-bond acceptors (Lipinski definition) is 1. The second-order valence-electron chi connectivity index (χ2n) is 5.86. The van der Waals surface area contributed by atoms with Crippen LogP contribution in [0.5, 0.6) is 0 Å². The van der Waals surface area contributed by atoms with E-state index in [-0.39, 0.29) is 0 Å². The van der Waals surface area contributed by atoms with E-state index in [0.29, 0.717) is 0 Å². The highest BCUT2D eigenvalue weighted by atomic mass is 35.5. The van der Waals surface area contributed by atoms with Crippen LogP contribution in [0.3, 0.4) is 0 Å². The molecule has 3 rings (SSSR count). The lowest BCUT2D eigenvalue weighted by Gasteiger charge is -2.23. The predicted octanol–water partition coefficient (Wildman–Crippen LogP) is 5.60. The molecule has 0 atom stereocenters. The molecule has 2 aromatic carbocycles. The number of unbranched alkanes of at least 4 members (excludes halogenated alkanes) is 1. The summed E-state index contributed by atoms with van der Waals surface area (Å²) in [5.74, 6) is 0.994. The van der Waals surface area contributed by atoms with Crippen molar-refractivity contribution in [3.8, 4) is 0 Å². The number of hydrogen-bond donors (Lipinski definition) is 0. The monoisotopic (exact) mass is 361 g/mol. The minimum atomic E-state index is 0.725. The summed E-state index contributed by atoms with van der Waals surface area (Å²) >= 11 is 12.0. The SMILES string of the molecule is CCCCN1CCN(c2ccc(Cl)cc2)C1=Nc1ccc(Cl)cc1. The summed E-state index contributed by atoms with van der Waals surface area (Å²) in [6.07, 6.45) is 2.33. The van der Waals surface area contributed by atoms with Crippen LogP contribution in [0.25, 0.3) is 0 Å². The third-order valence-electron chi connectivity index (χ3n) is 4.09. The zero-order valence-electron chi connectivity index (χ0n) is 13.8.